The number of rotatable bonds is 1. The van der Waals surface area contributed by atoms with Crippen LogP contribution in [0.5, 0.6) is 0 Å². The third kappa shape index (κ3) is 1.24. The van der Waals surface area contributed by atoms with Crippen molar-refractivity contribution in [2.45, 2.75) is 13.1 Å². The lowest BCUT2D eigenvalue weighted by atomic mass is 10.2. The van der Waals surface area contributed by atoms with E-state index in [1.165, 1.54) is 0 Å². The predicted octanol–water partition coefficient (Wildman–Crippen LogP) is 0.943. The van der Waals surface area contributed by atoms with E-state index in [9.17, 15) is 4.39 Å². The molecule has 3 nitrogen and oxygen atoms in total. The zero-order valence-corrected chi connectivity index (χ0v) is 6.87. The van der Waals surface area contributed by atoms with Crippen molar-refractivity contribution < 1.29 is 4.39 Å². The molecule has 0 spiro atoms. The van der Waals surface area contributed by atoms with Gasteiger partial charge < -0.3 is 4.90 Å². The molecule has 0 N–H and O–H groups in total. The van der Waals surface area contributed by atoms with Crippen LogP contribution in [0.25, 0.3) is 0 Å². The highest BCUT2D eigenvalue weighted by Gasteiger charge is 2.27. The molecule has 1 fully saturated rings. The minimum atomic E-state index is -0.699. The van der Waals surface area contributed by atoms with Crippen LogP contribution in [-0.2, 0) is 0 Å². The summed E-state index contributed by atoms with van der Waals surface area (Å²) >= 11 is 0. The van der Waals surface area contributed by atoms with Crippen molar-refractivity contribution in [1.82, 2.24) is 9.97 Å². The molecule has 0 atom stereocenters. The van der Waals surface area contributed by atoms with Gasteiger partial charge in [-0.15, -0.1) is 0 Å². The Labute approximate surface area is 70.3 Å². The fourth-order valence-corrected chi connectivity index (χ4v) is 1.14. The van der Waals surface area contributed by atoms with Gasteiger partial charge in [0.05, 0.1) is 13.1 Å². The fraction of sp³-hybridized carbons (Fsp3) is 0.500. The Kier molecular flexibility index (Phi) is 1.67. The first-order valence-corrected chi connectivity index (χ1v) is 3.93. The van der Waals surface area contributed by atoms with Crippen LogP contribution in [0.3, 0.4) is 0 Å². The molecule has 1 aromatic heterocycles. The highest BCUT2D eigenvalue weighted by atomic mass is 19.1. The van der Waals surface area contributed by atoms with E-state index in [0.29, 0.717) is 19.0 Å². The maximum absolute atomic E-state index is 12.4. The van der Waals surface area contributed by atoms with Crippen LogP contribution in [0.2, 0.25) is 0 Å². The van der Waals surface area contributed by atoms with Crippen molar-refractivity contribution in [3.8, 4) is 0 Å². The molecule has 0 aromatic carbocycles. The van der Waals surface area contributed by atoms with Gasteiger partial charge in [-0.2, -0.15) is 0 Å². The Morgan fingerprint density at radius 3 is 2.50 bits per heavy atom. The summed E-state index contributed by atoms with van der Waals surface area (Å²) in [5.41, 5.74) is 1.02. The average Bonchev–Trinajstić information content (AvgIpc) is 2.01. The molecule has 0 unspecified atom stereocenters. The number of alkyl halides is 1. The van der Waals surface area contributed by atoms with Crippen LogP contribution in [-0.4, -0.2) is 29.2 Å². The predicted molar refractivity (Wildman–Crippen MR) is 43.9 cm³/mol. The molecule has 0 bridgehead atoms. The Morgan fingerprint density at radius 1 is 1.42 bits per heavy atom. The van der Waals surface area contributed by atoms with Gasteiger partial charge in [0.15, 0.2) is 0 Å². The van der Waals surface area contributed by atoms with Crippen LogP contribution < -0.4 is 4.90 Å². The van der Waals surface area contributed by atoms with E-state index >= 15 is 0 Å². The summed E-state index contributed by atoms with van der Waals surface area (Å²) < 4.78 is 12.4. The quantitative estimate of drug-likeness (QED) is 0.623. The molecule has 1 saturated heterocycles. The van der Waals surface area contributed by atoms with Gasteiger partial charge in [0.1, 0.15) is 6.17 Å². The molecule has 1 aromatic rings. The maximum Gasteiger partial charge on any atom is 0.225 e. The monoisotopic (exact) mass is 167 g/mol. The van der Waals surface area contributed by atoms with Gasteiger partial charge >= 0.3 is 0 Å². The Hall–Kier alpha value is -1.19. The summed E-state index contributed by atoms with van der Waals surface area (Å²) in [7, 11) is 0. The van der Waals surface area contributed by atoms with Crippen LogP contribution in [0.15, 0.2) is 12.4 Å². The van der Waals surface area contributed by atoms with E-state index in [2.05, 4.69) is 9.97 Å². The minimum absolute atomic E-state index is 0.434. The summed E-state index contributed by atoms with van der Waals surface area (Å²) in [5, 5.41) is 0. The Bertz CT molecular complexity index is 266. The molecule has 2 rings (SSSR count). The number of aromatic nitrogens is 2. The zero-order chi connectivity index (χ0) is 8.55. The lowest BCUT2D eigenvalue weighted by Crippen LogP contribution is -2.49. The van der Waals surface area contributed by atoms with Gasteiger partial charge in [-0.25, -0.2) is 14.4 Å². The van der Waals surface area contributed by atoms with E-state index in [1.807, 2.05) is 11.8 Å². The topological polar surface area (TPSA) is 29.0 Å². The first-order valence-electron chi connectivity index (χ1n) is 3.93. The molecule has 0 saturated carbocycles. The van der Waals surface area contributed by atoms with Crippen LogP contribution in [0.1, 0.15) is 5.56 Å². The van der Waals surface area contributed by atoms with E-state index in [1.54, 1.807) is 12.4 Å². The minimum Gasteiger partial charge on any atom is -0.335 e. The second kappa shape index (κ2) is 2.69. The number of nitrogens with zero attached hydrogens (tertiary/aromatic N) is 3. The number of halogens is 1. The van der Waals surface area contributed by atoms with Crippen LogP contribution in [0.4, 0.5) is 10.3 Å². The van der Waals surface area contributed by atoms with Gasteiger partial charge in [0.25, 0.3) is 0 Å². The molecule has 12 heavy (non-hydrogen) atoms. The molecule has 0 amide bonds. The van der Waals surface area contributed by atoms with Crippen LogP contribution in [0, 0.1) is 6.92 Å². The summed E-state index contributed by atoms with van der Waals surface area (Å²) in [4.78, 5) is 9.99. The molecule has 1 aliphatic rings. The normalized spacial score (nSPS) is 17.7. The lowest BCUT2D eigenvalue weighted by molar-refractivity contribution is 0.272. The molecule has 2 heterocycles. The number of hydrogen-bond acceptors (Lipinski definition) is 3. The highest BCUT2D eigenvalue weighted by Crippen LogP contribution is 2.17. The van der Waals surface area contributed by atoms with E-state index in [4.69, 9.17) is 0 Å². The van der Waals surface area contributed by atoms with Gasteiger partial charge in [-0.1, -0.05) is 0 Å². The summed E-state index contributed by atoms with van der Waals surface area (Å²) in [6.45, 7) is 2.80. The van der Waals surface area contributed by atoms with Crippen LogP contribution >= 0.6 is 0 Å². The zero-order valence-electron chi connectivity index (χ0n) is 6.87. The number of anilines is 1. The molecule has 1 aliphatic heterocycles. The molecular formula is C8H10FN3. The number of hydrogen-bond donors (Lipinski definition) is 0. The highest BCUT2D eigenvalue weighted by molar-refractivity contribution is 5.34. The maximum atomic E-state index is 12.4. The molecule has 0 radical (unpaired) electrons. The first kappa shape index (κ1) is 7.46. The van der Waals surface area contributed by atoms with Crippen molar-refractivity contribution in [2.24, 2.45) is 0 Å². The van der Waals surface area contributed by atoms with Crippen molar-refractivity contribution in [1.29, 1.82) is 0 Å². The second-order valence-electron chi connectivity index (χ2n) is 3.06. The largest absolute Gasteiger partial charge is 0.335 e. The lowest BCUT2D eigenvalue weighted by Gasteiger charge is -2.34. The van der Waals surface area contributed by atoms with E-state index in [-0.39, 0.29) is 0 Å². The molecule has 0 aliphatic carbocycles. The molecule has 64 valence electrons. The van der Waals surface area contributed by atoms with Gasteiger partial charge in [-0.05, 0) is 12.5 Å². The summed E-state index contributed by atoms with van der Waals surface area (Å²) in [6, 6.07) is 0. The van der Waals surface area contributed by atoms with Crippen molar-refractivity contribution in [3.63, 3.8) is 0 Å². The van der Waals surface area contributed by atoms with Gasteiger partial charge in [-0.3, -0.25) is 0 Å². The third-order valence-electron chi connectivity index (χ3n) is 1.89. The van der Waals surface area contributed by atoms with Gasteiger partial charge in [0, 0.05) is 12.4 Å². The molecular weight excluding hydrogens is 157 g/mol. The Balaban J connectivity index is 2.09. The van der Waals surface area contributed by atoms with Gasteiger partial charge in [0.2, 0.25) is 5.95 Å². The number of aryl methyl sites for hydroxylation is 1. The van der Waals surface area contributed by atoms with Crippen molar-refractivity contribution in [2.75, 3.05) is 18.0 Å². The van der Waals surface area contributed by atoms with E-state index in [0.717, 1.165) is 5.56 Å². The molecule has 4 heteroatoms. The Morgan fingerprint density at radius 2 is 2.00 bits per heavy atom. The van der Waals surface area contributed by atoms with Crippen molar-refractivity contribution >= 4 is 5.95 Å². The first-order chi connectivity index (χ1) is 5.75. The smallest absolute Gasteiger partial charge is 0.225 e. The SMILES string of the molecule is Cc1cnc(N2CC(F)C2)nc1. The van der Waals surface area contributed by atoms with E-state index < -0.39 is 6.17 Å². The van der Waals surface area contributed by atoms with Crippen molar-refractivity contribution in [3.05, 3.63) is 18.0 Å². The average molecular weight is 167 g/mol. The summed E-state index contributed by atoms with van der Waals surface area (Å²) in [6.07, 6.45) is 2.79. The fourth-order valence-electron chi connectivity index (χ4n) is 1.14. The second-order valence-corrected chi connectivity index (χ2v) is 3.06. The third-order valence-corrected chi connectivity index (χ3v) is 1.89. The standard InChI is InChI=1S/C8H10FN3/c1-6-2-10-8(11-3-6)12-4-7(9)5-12/h2-3,7H,4-5H2,1H3. The summed E-state index contributed by atoms with van der Waals surface area (Å²) in [5.74, 6) is 0.634.